The summed E-state index contributed by atoms with van der Waals surface area (Å²) in [5.41, 5.74) is 0.588. The van der Waals surface area contributed by atoms with Crippen molar-refractivity contribution < 1.29 is 22.7 Å². The topological polar surface area (TPSA) is 73.2 Å². The van der Waals surface area contributed by atoms with Gasteiger partial charge in [-0.3, -0.25) is 14.2 Å². The van der Waals surface area contributed by atoms with Crippen LogP contribution in [-0.2, 0) is 19.5 Å². The quantitative estimate of drug-likeness (QED) is 0.641. The molecular formula is C21H20F3N3O3S. The first-order valence-electron chi connectivity index (χ1n) is 9.89. The molecule has 4 rings (SSSR count). The van der Waals surface area contributed by atoms with Gasteiger partial charge in [0, 0.05) is 25.1 Å². The van der Waals surface area contributed by atoms with Crippen LogP contribution in [0.4, 0.5) is 13.2 Å². The molecule has 0 unspecified atom stereocenters. The lowest BCUT2D eigenvalue weighted by Gasteiger charge is -2.13. The van der Waals surface area contributed by atoms with E-state index in [2.05, 4.69) is 15.0 Å². The summed E-state index contributed by atoms with van der Waals surface area (Å²) in [4.78, 5) is 31.3. The van der Waals surface area contributed by atoms with Gasteiger partial charge in [0.25, 0.3) is 11.5 Å². The third-order valence-corrected chi connectivity index (χ3v) is 6.44. The number of ether oxygens (including phenoxy) is 1. The Balaban J connectivity index is 1.60. The molecule has 0 atom stereocenters. The lowest BCUT2D eigenvalue weighted by molar-refractivity contribution is -0.274. The second-order valence-electron chi connectivity index (χ2n) is 7.37. The summed E-state index contributed by atoms with van der Waals surface area (Å²) in [7, 11) is 0. The van der Waals surface area contributed by atoms with E-state index in [1.54, 1.807) is 17.6 Å². The molecule has 2 aromatic heterocycles. The number of nitrogens with one attached hydrogen (secondary N) is 1. The maximum atomic E-state index is 13.0. The molecule has 1 N–H and O–H groups in total. The van der Waals surface area contributed by atoms with E-state index in [1.807, 2.05) is 0 Å². The van der Waals surface area contributed by atoms with Crippen molar-refractivity contribution in [1.82, 2.24) is 14.9 Å². The molecule has 0 bridgehead atoms. The zero-order valence-corrected chi connectivity index (χ0v) is 17.5. The van der Waals surface area contributed by atoms with Crippen molar-refractivity contribution in [2.75, 3.05) is 0 Å². The monoisotopic (exact) mass is 451 g/mol. The number of para-hydroxylation sites is 1. The number of nitrogens with zero attached hydrogens (tertiary/aromatic N) is 2. The van der Waals surface area contributed by atoms with Gasteiger partial charge in [0.15, 0.2) is 0 Å². The number of alkyl halides is 3. The fraction of sp³-hybridized carbons (Fsp3) is 0.381. The van der Waals surface area contributed by atoms with Crippen LogP contribution in [0.3, 0.4) is 0 Å². The Labute approximate surface area is 179 Å². The molecule has 10 heteroatoms. The van der Waals surface area contributed by atoms with Crippen LogP contribution in [0.15, 0.2) is 29.1 Å². The Morgan fingerprint density at radius 2 is 2.03 bits per heavy atom. The van der Waals surface area contributed by atoms with Gasteiger partial charge in [-0.25, -0.2) is 4.98 Å². The Hall–Kier alpha value is -2.88. The number of fused-ring (bicyclic) bond motifs is 2. The third-order valence-electron chi connectivity index (χ3n) is 5.26. The van der Waals surface area contributed by atoms with Crippen molar-refractivity contribution in [3.8, 4) is 5.75 Å². The molecule has 3 heterocycles. The third kappa shape index (κ3) is 4.43. The van der Waals surface area contributed by atoms with Crippen LogP contribution in [-0.4, -0.2) is 21.8 Å². The summed E-state index contributed by atoms with van der Waals surface area (Å²) in [5.74, 6) is -0.102. The maximum absolute atomic E-state index is 13.0. The number of thiophene rings is 1. The van der Waals surface area contributed by atoms with E-state index in [-0.39, 0.29) is 23.4 Å². The molecule has 6 nitrogen and oxygen atoms in total. The van der Waals surface area contributed by atoms with Gasteiger partial charge in [0.1, 0.15) is 16.4 Å². The first-order valence-corrected chi connectivity index (χ1v) is 10.7. The number of carbonyl (C=O) groups excluding carboxylic acids is 1. The molecule has 0 saturated heterocycles. The number of hydrogen-bond acceptors (Lipinski definition) is 5. The van der Waals surface area contributed by atoms with Gasteiger partial charge in [0.05, 0.1) is 10.3 Å². The standard InChI is InChI=1S/C21H20F3N3O3S/c1-12-16-19(26-15-9-3-2-6-10-27(15)20(16)29)31-17(12)18(28)25-11-13-7-4-5-8-14(13)30-21(22,23)24/h4-5,7-8H,2-3,6,9-11H2,1H3,(H,25,28). The molecule has 0 spiro atoms. The highest BCUT2D eigenvalue weighted by Gasteiger charge is 2.32. The van der Waals surface area contributed by atoms with E-state index in [4.69, 9.17) is 0 Å². The van der Waals surface area contributed by atoms with Crippen LogP contribution in [0.2, 0.25) is 0 Å². The largest absolute Gasteiger partial charge is 0.573 e. The van der Waals surface area contributed by atoms with E-state index in [0.717, 1.165) is 42.8 Å². The van der Waals surface area contributed by atoms with Crippen LogP contribution in [0.25, 0.3) is 10.2 Å². The van der Waals surface area contributed by atoms with E-state index in [1.165, 1.54) is 18.2 Å². The van der Waals surface area contributed by atoms with Gasteiger partial charge < -0.3 is 10.1 Å². The summed E-state index contributed by atoms with van der Waals surface area (Å²) in [6.45, 7) is 2.16. The Kier molecular flexibility index (Phi) is 5.74. The minimum Gasteiger partial charge on any atom is -0.405 e. The average molecular weight is 451 g/mol. The van der Waals surface area contributed by atoms with Crippen LogP contribution >= 0.6 is 11.3 Å². The number of amides is 1. The number of rotatable bonds is 4. The normalized spacial score (nSPS) is 14.2. The smallest absolute Gasteiger partial charge is 0.405 e. The lowest BCUT2D eigenvalue weighted by Crippen LogP contribution is -2.25. The second-order valence-corrected chi connectivity index (χ2v) is 8.37. The highest BCUT2D eigenvalue weighted by molar-refractivity contribution is 7.20. The fourth-order valence-electron chi connectivity index (χ4n) is 3.76. The molecule has 3 aromatic rings. The number of carbonyl (C=O) groups is 1. The van der Waals surface area contributed by atoms with Crippen molar-refractivity contribution >= 4 is 27.5 Å². The summed E-state index contributed by atoms with van der Waals surface area (Å²) >= 11 is 1.13. The van der Waals surface area contributed by atoms with Crippen molar-refractivity contribution in [3.05, 3.63) is 56.4 Å². The minimum absolute atomic E-state index is 0.140. The van der Waals surface area contributed by atoms with E-state index in [9.17, 15) is 22.8 Å². The highest BCUT2D eigenvalue weighted by atomic mass is 32.1. The van der Waals surface area contributed by atoms with Crippen LogP contribution in [0, 0.1) is 6.92 Å². The Bertz CT molecular complexity index is 1200. The average Bonchev–Trinajstić information content (AvgIpc) is 2.87. The van der Waals surface area contributed by atoms with Gasteiger partial charge in [-0.15, -0.1) is 24.5 Å². The predicted octanol–water partition coefficient (Wildman–Crippen LogP) is 4.32. The molecule has 0 aliphatic carbocycles. The molecule has 1 aromatic carbocycles. The van der Waals surface area contributed by atoms with Crippen molar-refractivity contribution in [1.29, 1.82) is 0 Å². The second kappa shape index (κ2) is 8.33. The molecule has 0 radical (unpaired) electrons. The van der Waals surface area contributed by atoms with Crippen LogP contribution < -0.4 is 15.6 Å². The molecule has 1 aliphatic heterocycles. The Morgan fingerprint density at radius 3 is 2.81 bits per heavy atom. The predicted molar refractivity (Wildman–Crippen MR) is 110 cm³/mol. The summed E-state index contributed by atoms with van der Waals surface area (Å²) in [5, 5.41) is 3.06. The SMILES string of the molecule is Cc1c(C(=O)NCc2ccccc2OC(F)(F)F)sc2nc3n(c(=O)c12)CCCCC3. The zero-order chi connectivity index (χ0) is 22.2. The summed E-state index contributed by atoms with van der Waals surface area (Å²) in [6, 6.07) is 5.63. The minimum atomic E-state index is -4.83. The maximum Gasteiger partial charge on any atom is 0.573 e. The molecule has 0 saturated carbocycles. The number of benzene rings is 1. The van der Waals surface area contributed by atoms with E-state index >= 15 is 0 Å². The Morgan fingerprint density at radius 1 is 1.26 bits per heavy atom. The van der Waals surface area contributed by atoms with E-state index in [0.29, 0.717) is 27.2 Å². The molecule has 0 fully saturated rings. The van der Waals surface area contributed by atoms with Gasteiger partial charge >= 0.3 is 6.36 Å². The van der Waals surface area contributed by atoms with Crippen molar-refractivity contribution in [2.24, 2.45) is 0 Å². The summed E-state index contributed by atoms with van der Waals surface area (Å²) < 4.78 is 43.5. The molecular weight excluding hydrogens is 431 g/mol. The zero-order valence-electron chi connectivity index (χ0n) is 16.7. The van der Waals surface area contributed by atoms with Crippen molar-refractivity contribution in [3.63, 3.8) is 0 Å². The molecule has 31 heavy (non-hydrogen) atoms. The number of aryl methyl sites for hydroxylation is 2. The first-order chi connectivity index (χ1) is 14.7. The molecule has 164 valence electrons. The molecule has 1 aliphatic rings. The van der Waals surface area contributed by atoms with E-state index < -0.39 is 12.3 Å². The van der Waals surface area contributed by atoms with Gasteiger partial charge in [-0.2, -0.15) is 0 Å². The number of halogens is 3. The fourth-order valence-corrected chi connectivity index (χ4v) is 4.86. The number of aromatic nitrogens is 2. The first kappa shape index (κ1) is 21.4. The van der Waals surface area contributed by atoms with Crippen LogP contribution in [0.1, 0.15) is 45.9 Å². The van der Waals surface area contributed by atoms with Gasteiger partial charge in [-0.05, 0) is 31.4 Å². The van der Waals surface area contributed by atoms with Crippen LogP contribution in [0.5, 0.6) is 5.75 Å². The highest BCUT2D eigenvalue weighted by Crippen LogP contribution is 2.29. The van der Waals surface area contributed by atoms with Gasteiger partial charge in [-0.1, -0.05) is 24.6 Å². The van der Waals surface area contributed by atoms with Gasteiger partial charge in [0.2, 0.25) is 0 Å². The summed E-state index contributed by atoms with van der Waals surface area (Å²) in [6.07, 6.45) is -1.18. The number of hydrogen-bond donors (Lipinski definition) is 1. The lowest BCUT2D eigenvalue weighted by atomic mass is 10.2. The molecule has 1 amide bonds. The van der Waals surface area contributed by atoms with Crippen molar-refractivity contribution in [2.45, 2.75) is 52.1 Å².